The molecule has 43 heavy (non-hydrogen) atoms. The smallest absolute Gasteiger partial charge is 0.193 e. The van der Waals surface area contributed by atoms with E-state index in [0.29, 0.717) is 12.8 Å². The van der Waals surface area contributed by atoms with E-state index in [1.807, 2.05) is 54.6 Å². The summed E-state index contributed by atoms with van der Waals surface area (Å²) >= 11 is 0. The number of nitrogens with two attached hydrogens (primary N) is 1. The van der Waals surface area contributed by atoms with Gasteiger partial charge in [-0.2, -0.15) is 0 Å². The maximum absolute atomic E-state index is 13.7. The van der Waals surface area contributed by atoms with Gasteiger partial charge in [0, 0.05) is 28.0 Å². The van der Waals surface area contributed by atoms with E-state index in [1.165, 1.54) is 0 Å². The molecule has 4 fully saturated rings. The molecule has 7 nitrogen and oxygen atoms in total. The van der Waals surface area contributed by atoms with Gasteiger partial charge in [0.25, 0.3) is 0 Å². The van der Waals surface area contributed by atoms with Crippen molar-refractivity contribution in [2.24, 2.45) is 28.6 Å². The molecule has 2 aromatic carbocycles. The third-order valence-electron chi connectivity index (χ3n) is 11.4. The summed E-state index contributed by atoms with van der Waals surface area (Å²) in [4.78, 5) is 25.9. The summed E-state index contributed by atoms with van der Waals surface area (Å²) in [7, 11) is 0. The van der Waals surface area contributed by atoms with Gasteiger partial charge in [-0.25, -0.2) is 0 Å². The second-order valence-electron chi connectivity index (χ2n) is 13.5. The molecule has 3 saturated carbocycles. The number of rotatable bonds is 5. The van der Waals surface area contributed by atoms with Crippen molar-refractivity contribution in [1.29, 1.82) is 0 Å². The number of ether oxygens (including phenoxy) is 2. The highest BCUT2D eigenvalue weighted by molar-refractivity contribution is 6.01. The minimum Gasteiger partial charge on any atom is -0.399 e. The lowest BCUT2D eigenvalue weighted by Crippen LogP contribution is -2.63. The number of allylic oxidation sites excluding steroid dienone is 4. The zero-order valence-corrected chi connectivity index (χ0v) is 24.2. The fourth-order valence-corrected chi connectivity index (χ4v) is 9.57. The minimum absolute atomic E-state index is 0. The van der Waals surface area contributed by atoms with E-state index in [1.54, 1.807) is 12.2 Å². The molecule has 0 bridgehead atoms. The topological polar surface area (TPSA) is 119 Å². The molecule has 5 aliphatic rings. The lowest BCUT2D eigenvalue weighted by atomic mass is 9.46. The molecule has 2 aromatic rings. The van der Waals surface area contributed by atoms with Gasteiger partial charge in [-0.05, 0) is 79.4 Å². The van der Waals surface area contributed by atoms with Gasteiger partial charge in [-0.3, -0.25) is 9.59 Å². The molecule has 0 spiro atoms. The fourth-order valence-electron chi connectivity index (χ4n) is 9.57. The molecule has 0 radical (unpaired) electrons. The van der Waals surface area contributed by atoms with Crippen LogP contribution in [0.2, 0.25) is 0 Å². The van der Waals surface area contributed by atoms with Crippen molar-refractivity contribution in [3.63, 3.8) is 0 Å². The third kappa shape index (κ3) is 4.31. The molecular formula is C36H43NO6. The number of carbonyl (C=O) groups excluding carboxylic acids is 2. The van der Waals surface area contributed by atoms with Crippen LogP contribution in [-0.2, 0) is 25.5 Å². The number of Topliss-reactive ketones (excluding diaryl/α,β-unsaturated/α-hetero) is 1. The van der Waals surface area contributed by atoms with Crippen molar-refractivity contribution in [2.45, 2.75) is 77.5 Å². The second kappa shape index (κ2) is 10.5. The van der Waals surface area contributed by atoms with Gasteiger partial charge in [-0.15, -0.1) is 0 Å². The predicted octanol–water partition coefficient (Wildman–Crippen LogP) is 5.10. The Balaban J connectivity index is 0.00000329. The van der Waals surface area contributed by atoms with Crippen LogP contribution < -0.4 is 5.73 Å². The van der Waals surface area contributed by atoms with E-state index in [0.717, 1.165) is 47.2 Å². The molecular weight excluding hydrogens is 542 g/mol. The molecule has 4 N–H and O–H groups in total. The number of anilines is 1. The number of nitrogen functional groups attached to an aromatic ring is 1. The lowest BCUT2D eigenvalue weighted by Gasteiger charge is -2.59. The van der Waals surface area contributed by atoms with Crippen molar-refractivity contribution in [3.8, 4) is 0 Å². The minimum atomic E-state index is -1.35. The van der Waals surface area contributed by atoms with Gasteiger partial charge >= 0.3 is 0 Å². The van der Waals surface area contributed by atoms with Crippen molar-refractivity contribution in [1.82, 2.24) is 0 Å². The van der Waals surface area contributed by atoms with Crippen LogP contribution in [-0.4, -0.2) is 46.2 Å². The molecule has 0 unspecified atom stereocenters. The Kier molecular flexibility index (Phi) is 7.32. The summed E-state index contributed by atoms with van der Waals surface area (Å²) in [6, 6.07) is 15.9. The zero-order valence-electron chi connectivity index (χ0n) is 24.2. The first-order chi connectivity index (χ1) is 20.1. The molecule has 1 saturated heterocycles. The normalized spacial score (nSPS) is 39.2. The highest BCUT2D eigenvalue weighted by Gasteiger charge is 2.75. The maximum Gasteiger partial charge on any atom is 0.193 e. The fraction of sp³-hybridized carbons (Fsp3) is 0.500. The van der Waals surface area contributed by atoms with Gasteiger partial charge < -0.3 is 25.4 Å². The number of aliphatic hydroxyl groups excluding tert-OH is 2. The number of benzene rings is 2. The van der Waals surface area contributed by atoms with Crippen LogP contribution in [0.15, 0.2) is 72.3 Å². The molecule has 0 amide bonds. The number of hydrogen-bond donors (Lipinski definition) is 3. The van der Waals surface area contributed by atoms with Gasteiger partial charge in [0.2, 0.25) is 0 Å². The Morgan fingerprint density at radius 1 is 1.12 bits per heavy atom. The molecule has 228 valence electrons. The quantitative estimate of drug-likeness (QED) is 0.418. The molecule has 1 heterocycles. The maximum atomic E-state index is 13.7. The van der Waals surface area contributed by atoms with Gasteiger partial charge in [0.05, 0.1) is 12.2 Å². The van der Waals surface area contributed by atoms with E-state index in [9.17, 15) is 19.8 Å². The molecule has 4 aliphatic carbocycles. The van der Waals surface area contributed by atoms with Crippen LogP contribution in [0.1, 0.15) is 69.9 Å². The highest BCUT2D eigenvalue weighted by atomic mass is 16.7. The Morgan fingerprint density at radius 2 is 1.88 bits per heavy atom. The second-order valence-corrected chi connectivity index (χ2v) is 13.5. The van der Waals surface area contributed by atoms with E-state index in [2.05, 4.69) is 13.8 Å². The van der Waals surface area contributed by atoms with Crippen molar-refractivity contribution in [3.05, 3.63) is 89.0 Å². The summed E-state index contributed by atoms with van der Waals surface area (Å²) in [5, 5.41) is 22.0. The van der Waals surface area contributed by atoms with Crippen LogP contribution >= 0.6 is 0 Å². The van der Waals surface area contributed by atoms with Crippen molar-refractivity contribution in [2.75, 3.05) is 12.3 Å². The molecule has 1 aliphatic heterocycles. The summed E-state index contributed by atoms with van der Waals surface area (Å²) in [5.74, 6) is -0.246. The SMILES string of the molecule is C.C[C@]12C=CC(=O)C=C1CC[C@@H]1[C@@H]2[C@@H](O)C[C@@]2(C)[C@H]1C[C@H]1O[C@@H](c3ccc(Cc4cccc(N)c4)cc3)O[C@]12C(=O)CO. The van der Waals surface area contributed by atoms with Gasteiger partial charge in [0.15, 0.2) is 23.5 Å². The number of hydrogen-bond acceptors (Lipinski definition) is 7. The summed E-state index contributed by atoms with van der Waals surface area (Å²) in [5.41, 5.74) is 8.36. The number of aliphatic hydroxyl groups is 2. The third-order valence-corrected chi connectivity index (χ3v) is 11.4. The van der Waals surface area contributed by atoms with Crippen LogP contribution in [0.4, 0.5) is 5.69 Å². The number of ketones is 2. The summed E-state index contributed by atoms with van der Waals surface area (Å²) < 4.78 is 13.3. The highest BCUT2D eigenvalue weighted by Crippen LogP contribution is 2.70. The summed E-state index contributed by atoms with van der Waals surface area (Å²) in [6.45, 7) is 3.54. The van der Waals surface area contributed by atoms with Crippen molar-refractivity contribution < 1.29 is 29.3 Å². The predicted molar refractivity (Wildman–Crippen MR) is 164 cm³/mol. The van der Waals surface area contributed by atoms with Gasteiger partial charge in [0.1, 0.15) is 6.61 Å². The molecule has 7 rings (SSSR count). The Labute approximate surface area is 253 Å². The first-order valence-electron chi connectivity index (χ1n) is 15.1. The Bertz CT molecular complexity index is 1500. The number of carbonyl (C=O) groups is 2. The first kappa shape index (κ1) is 29.9. The monoisotopic (exact) mass is 585 g/mol. The average molecular weight is 586 g/mol. The number of fused-ring (bicyclic) bond motifs is 7. The van der Waals surface area contributed by atoms with Crippen LogP contribution in [0.3, 0.4) is 0 Å². The van der Waals surface area contributed by atoms with Crippen molar-refractivity contribution >= 4 is 17.3 Å². The van der Waals surface area contributed by atoms with E-state index in [4.69, 9.17) is 15.2 Å². The Morgan fingerprint density at radius 3 is 2.60 bits per heavy atom. The molecule has 0 aromatic heterocycles. The molecule has 7 heteroatoms. The average Bonchev–Trinajstić information content (AvgIpc) is 3.46. The summed E-state index contributed by atoms with van der Waals surface area (Å²) in [6.07, 6.45) is 6.73. The molecule has 9 atom stereocenters. The van der Waals surface area contributed by atoms with Crippen LogP contribution in [0.25, 0.3) is 0 Å². The van der Waals surface area contributed by atoms with E-state index >= 15 is 0 Å². The van der Waals surface area contributed by atoms with E-state index in [-0.39, 0.29) is 36.7 Å². The van der Waals surface area contributed by atoms with E-state index < -0.39 is 41.5 Å². The van der Waals surface area contributed by atoms with Crippen LogP contribution in [0, 0.1) is 28.6 Å². The Hall–Kier alpha value is -3.10. The first-order valence-corrected chi connectivity index (χ1v) is 15.1. The largest absolute Gasteiger partial charge is 0.399 e. The zero-order chi connectivity index (χ0) is 29.4. The van der Waals surface area contributed by atoms with Gasteiger partial charge in [-0.1, -0.05) is 69.3 Å². The lowest BCUT2D eigenvalue weighted by molar-refractivity contribution is -0.201. The van der Waals surface area contributed by atoms with Crippen LogP contribution in [0.5, 0.6) is 0 Å². The standard InChI is InChI=1S/C35H39NO6.CH4/c1-33-13-12-25(38)16-23(33)10-11-26-27-17-30-35(29(40)19-37,34(27,2)18-28(39)31(26)33)42-32(41-30)22-8-6-20(7-9-22)14-21-4-3-5-24(36)15-21;/h3-9,12-13,15-16,26-28,30-32,37,39H,10-11,14,17-19,36H2,1-2H3;1H4/t26-,27-,28-,30+,31+,32+,33-,34-,35+;/m0./s1.